The van der Waals surface area contributed by atoms with Gasteiger partial charge in [0.2, 0.25) is 5.13 Å². The Morgan fingerprint density at radius 2 is 2.19 bits per heavy atom. The Kier molecular flexibility index (Phi) is 3.79. The van der Waals surface area contributed by atoms with Crippen molar-refractivity contribution in [3.63, 3.8) is 0 Å². The summed E-state index contributed by atoms with van der Waals surface area (Å²) in [7, 11) is 0. The van der Waals surface area contributed by atoms with Crippen molar-refractivity contribution >= 4 is 16.7 Å². The standard InChI is InChI=1S/C12H21N3S/c1-10(2)7-12(5-3-4-6-12)8-13-11-14-9-15-16-11/h9-10H,3-8H2,1-2H3,(H,13,14,15). The fourth-order valence-corrected chi connectivity index (χ4v) is 3.38. The maximum absolute atomic E-state index is 4.18. The molecule has 0 atom stereocenters. The molecule has 0 spiro atoms. The Hall–Kier alpha value is -0.640. The van der Waals surface area contributed by atoms with Crippen LogP contribution in [0.15, 0.2) is 6.33 Å². The molecule has 1 saturated carbocycles. The van der Waals surface area contributed by atoms with E-state index in [9.17, 15) is 0 Å². The van der Waals surface area contributed by atoms with E-state index < -0.39 is 0 Å². The van der Waals surface area contributed by atoms with Gasteiger partial charge in [0.1, 0.15) is 6.33 Å². The minimum atomic E-state index is 0.514. The van der Waals surface area contributed by atoms with Crippen molar-refractivity contribution in [2.24, 2.45) is 11.3 Å². The fraction of sp³-hybridized carbons (Fsp3) is 0.833. The summed E-state index contributed by atoms with van der Waals surface area (Å²) in [6, 6.07) is 0. The molecule has 1 aromatic heterocycles. The molecule has 1 aliphatic rings. The molecular formula is C12H21N3S. The summed E-state index contributed by atoms with van der Waals surface area (Å²) in [5.41, 5.74) is 0.514. The van der Waals surface area contributed by atoms with Gasteiger partial charge >= 0.3 is 0 Å². The quantitative estimate of drug-likeness (QED) is 0.853. The monoisotopic (exact) mass is 239 g/mol. The largest absolute Gasteiger partial charge is 0.360 e. The van der Waals surface area contributed by atoms with E-state index in [1.165, 1.54) is 43.6 Å². The van der Waals surface area contributed by atoms with Crippen LogP contribution in [0.5, 0.6) is 0 Å². The molecule has 4 heteroatoms. The van der Waals surface area contributed by atoms with Gasteiger partial charge in [-0.15, -0.1) is 0 Å². The molecule has 0 aromatic carbocycles. The summed E-state index contributed by atoms with van der Waals surface area (Å²) in [6.45, 7) is 5.72. The van der Waals surface area contributed by atoms with Crippen molar-refractivity contribution in [2.75, 3.05) is 11.9 Å². The van der Waals surface area contributed by atoms with Gasteiger partial charge in [-0.1, -0.05) is 26.7 Å². The normalized spacial score (nSPS) is 19.2. The average Bonchev–Trinajstić information content (AvgIpc) is 2.84. The zero-order chi connectivity index (χ0) is 11.4. The highest BCUT2D eigenvalue weighted by atomic mass is 32.1. The average molecular weight is 239 g/mol. The van der Waals surface area contributed by atoms with Crippen LogP contribution in [0.25, 0.3) is 0 Å². The number of anilines is 1. The lowest BCUT2D eigenvalue weighted by Crippen LogP contribution is -2.28. The van der Waals surface area contributed by atoms with Gasteiger partial charge in [-0.05, 0) is 30.6 Å². The summed E-state index contributed by atoms with van der Waals surface area (Å²) in [5.74, 6) is 0.786. The van der Waals surface area contributed by atoms with Crippen molar-refractivity contribution in [3.05, 3.63) is 6.33 Å². The second-order valence-electron chi connectivity index (χ2n) is 5.41. The van der Waals surface area contributed by atoms with Crippen LogP contribution in [0.2, 0.25) is 0 Å². The zero-order valence-electron chi connectivity index (χ0n) is 10.2. The molecule has 0 radical (unpaired) electrons. The molecule has 0 bridgehead atoms. The Balaban J connectivity index is 1.92. The van der Waals surface area contributed by atoms with Crippen molar-refractivity contribution < 1.29 is 0 Å². The Bertz CT molecular complexity index is 302. The van der Waals surface area contributed by atoms with Crippen LogP contribution in [0.4, 0.5) is 5.13 Å². The van der Waals surface area contributed by atoms with E-state index in [4.69, 9.17) is 0 Å². The summed E-state index contributed by atoms with van der Waals surface area (Å²) in [4.78, 5) is 4.18. The molecule has 0 saturated heterocycles. The third-order valence-corrected chi connectivity index (χ3v) is 4.10. The highest BCUT2D eigenvalue weighted by Crippen LogP contribution is 2.43. The fourth-order valence-electron chi connectivity index (χ4n) is 2.96. The molecule has 0 unspecified atom stereocenters. The van der Waals surface area contributed by atoms with Crippen molar-refractivity contribution in [1.29, 1.82) is 0 Å². The number of rotatable bonds is 5. The first-order valence-corrected chi connectivity index (χ1v) is 6.98. The predicted octanol–water partition coefficient (Wildman–Crippen LogP) is 3.56. The van der Waals surface area contributed by atoms with Crippen LogP contribution in [0.3, 0.4) is 0 Å². The molecule has 0 aliphatic heterocycles. The number of aromatic nitrogens is 2. The number of nitrogens with one attached hydrogen (secondary N) is 1. The minimum absolute atomic E-state index is 0.514. The van der Waals surface area contributed by atoms with E-state index in [0.29, 0.717) is 5.41 Å². The topological polar surface area (TPSA) is 37.8 Å². The first-order valence-electron chi connectivity index (χ1n) is 6.21. The summed E-state index contributed by atoms with van der Waals surface area (Å²) in [6.07, 6.45) is 8.48. The van der Waals surface area contributed by atoms with Gasteiger partial charge in [0, 0.05) is 18.1 Å². The van der Waals surface area contributed by atoms with E-state index in [2.05, 4.69) is 28.5 Å². The molecule has 0 amide bonds. The van der Waals surface area contributed by atoms with Crippen molar-refractivity contribution in [2.45, 2.75) is 46.0 Å². The molecule has 1 heterocycles. The lowest BCUT2D eigenvalue weighted by atomic mass is 9.78. The molecule has 2 rings (SSSR count). The summed E-state index contributed by atoms with van der Waals surface area (Å²) >= 11 is 1.45. The van der Waals surface area contributed by atoms with Gasteiger partial charge in [0.15, 0.2) is 0 Å². The number of nitrogens with zero attached hydrogens (tertiary/aromatic N) is 2. The first kappa shape index (κ1) is 11.8. The SMILES string of the molecule is CC(C)CC1(CNc2ncns2)CCCC1. The second kappa shape index (κ2) is 5.13. The van der Waals surface area contributed by atoms with Gasteiger partial charge in [0.25, 0.3) is 0 Å². The van der Waals surface area contributed by atoms with Gasteiger partial charge in [-0.3, -0.25) is 0 Å². The van der Waals surface area contributed by atoms with Crippen LogP contribution in [-0.4, -0.2) is 15.9 Å². The van der Waals surface area contributed by atoms with Crippen LogP contribution in [0, 0.1) is 11.3 Å². The molecule has 1 aromatic rings. The number of hydrogen-bond acceptors (Lipinski definition) is 4. The smallest absolute Gasteiger partial charge is 0.202 e. The van der Waals surface area contributed by atoms with E-state index in [0.717, 1.165) is 17.6 Å². The maximum Gasteiger partial charge on any atom is 0.202 e. The molecule has 90 valence electrons. The first-order chi connectivity index (χ1) is 7.70. The Morgan fingerprint density at radius 1 is 1.44 bits per heavy atom. The lowest BCUT2D eigenvalue weighted by Gasteiger charge is -2.31. The van der Waals surface area contributed by atoms with Gasteiger partial charge in [-0.25, -0.2) is 4.98 Å². The predicted molar refractivity (Wildman–Crippen MR) is 68.8 cm³/mol. The highest BCUT2D eigenvalue weighted by molar-refractivity contribution is 7.09. The van der Waals surface area contributed by atoms with Crippen LogP contribution >= 0.6 is 11.5 Å². The van der Waals surface area contributed by atoms with Gasteiger partial charge in [-0.2, -0.15) is 4.37 Å². The minimum Gasteiger partial charge on any atom is -0.360 e. The van der Waals surface area contributed by atoms with Crippen molar-refractivity contribution in [1.82, 2.24) is 9.36 Å². The van der Waals surface area contributed by atoms with Crippen LogP contribution in [0.1, 0.15) is 46.0 Å². The summed E-state index contributed by atoms with van der Waals surface area (Å²) < 4.78 is 4.02. The maximum atomic E-state index is 4.18. The van der Waals surface area contributed by atoms with Crippen LogP contribution < -0.4 is 5.32 Å². The third-order valence-electron chi connectivity index (χ3n) is 3.48. The molecule has 1 fully saturated rings. The Labute approximate surface area is 102 Å². The second-order valence-corrected chi connectivity index (χ2v) is 6.19. The molecular weight excluding hydrogens is 218 g/mol. The van der Waals surface area contributed by atoms with Gasteiger partial charge < -0.3 is 5.32 Å². The van der Waals surface area contributed by atoms with E-state index in [1.807, 2.05) is 0 Å². The lowest BCUT2D eigenvalue weighted by molar-refractivity contribution is 0.252. The number of hydrogen-bond donors (Lipinski definition) is 1. The molecule has 1 N–H and O–H groups in total. The van der Waals surface area contributed by atoms with E-state index in [-0.39, 0.29) is 0 Å². The highest BCUT2D eigenvalue weighted by Gasteiger charge is 2.34. The van der Waals surface area contributed by atoms with Crippen LogP contribution in [-0.2, 0) is 0 Å². The van der Waals surface area contributed by atoms with E-state index in [1.54, 1.807) is 6.33 Å². The van der Waals surface area contributed by atoms with Crippen molar-refractivity contribution in [3.8, 4) is 0 Å². The third kappa shape index (κ3) is 2.94. The summed E-state index contributed by atoms with van der Waals surface area (Å²) in [5, 5.41) is 4.43. The Morgan fingerprint density at radius 3 is 2.75 bits per heavy atom. The molecule has 1 aliphatic carbocycles. The molecule has 3 nitrogen and oxygen atoms in total. The zero-order valence-corrected chi connectivity index (χ0v) is 11.0. The van der Waals surface area contributed by atoms with E-state index >= 15 is 0 Å². The van der Waals surface area contributed by atoms with Gasteiger partial charge in [0.05, 0.1) is 0 Å². The molecule has 16 heavy (non-hydrogen) atoms.